The van der Waals surface area contributed by atoms with Crippen molar-refractivity contribution in [2.24, 2.45) is 5.14 Å². The van der Waals surface area contributed by atoms with Crippen LogP contribution in [0.15, 0.2) is 29.2 Å². The molecule has 0 saturated carbocycles. The molecule has 2 aromatic rings. The van der Waals surface area contributed by atoms with Gasteiger partial charge in [-0.2, -0.15) is 5.10 Å². The van der Waals surface area contributed by atoms with E-state index in [9.17, 15) is 13.2 Å². The zero-order chi connectivity index (χ0) is 16.4. The van der Waals surface area contributed by atoms with Crippen molar-refractivity contribution >= 4 is 15.9 Å². The first-order valence-corrected chi connectivity index (χ1v) is 8.53. The molecule has 1 amide bonds. The van der Waals surface area contributed by atoms with E-state index in [4.69, 9.17) is 9.88 Å². The molecule has 1 aromatic heterocycles. The number of aromatic nitrogens is 2. The molecular weight excluding hydrogens is 320 g/mol. The summed E-state index contributed by atoms with van der Waals surface area (Å²) < 4.78 is 27.7. The molecule has 0 radical (unpaired) electrons. The summed E-state index contributed by atoms with van der Waals surface area (Å²) in [7, 11) is -3.71. The molecule has 2 heterocycles. The molecule has 0 atom stereocenters. The van der Waals surface area contributed by atoms with Crippen molar-refractivity contribution < 1.29 is 17.9 Å². The van der Waals surface area contributed by atoms with E-state index in [2.05, 4.69) is 15.5 Å². The molecule has 23 heavy (non-hydrogen) atoms. The molecule has 1 aliphatic rings. The van der Waals surface area contributed by atoms with Gasteiger partial charge in [-0.05, 0) is 17.7 Å². The van der Waals surface area contributed by atoms with Crippen molar-refractivity contribution in [3.05, 3.63) is 46.8 Å². The number of amides is 1. The van der Waals surface area contributed by atoms with Crippen LogP contribution < -0.4 is 10.5 Å². The first-order chi connectivity index (χ1) is 10.9. The minimum atomic E-state index is -3.71. The quantitative estimate of drug-likeness (QED) is 0.727. The molecule has 0 bridgehead atoms. The number of rotatable bonds is 4. The monoisotopic (exact) mass is 336 g/mol. The van der Waals surface area contributed by atoms with Crippen molar-refractivity contribution in [1.29, 1.82) is 0 Å². The van der Waals surface area contributed by atoms with Crippen molar-refractivity contribution in [2.45, 2.75) is 24.5 Å². The first-order valence-electron chi connectivity index (χ1n) is 6.99. The number of aromatic amines is 1. The van der Waals surface area contributed by atoms with Gasteiger partial charge in [-0.3, -0.25) is 9.89 Å². The van der Waals surface area contributed by atoms with Crippen LogP contribution in [-0.2, 0) is 34.3 Å². The Balaban J connectivity index is 1.66. The van der Waals surface area contributed by atoms with Crippen molar-refractivity contribution in [2.75, 3.05) is 6.61 Å². The lowest BCUT2D eigenvalue weighted by molar-refractivity contribution is 0.0922. The zero-order valence-electron chi connectivity index (χ0n) is 12.2. The second-order valence-corrected chi connectivity index (χ2v) is 6.76. The van der Waals surface area contributed by atoms with Crippen LogP contribution in [0.5, 0.6) is 0 Å². The fourth-order valence-corrected chi connectivity index (χ4v) is 2.88. The lowest BCUT2D eigenvalue weighted by Gasteiger charge is -2.12. The Morgan fingerprint density at radius 2 is 2.09 bits per heavy atom. The van der Waals surface area contributed by atoms with Crippen molar-refractivity contribution in [3.8, 4) is 0 Å². The summed E-state index contributed by atoms with van der Waals surface area (Å²) in [4.78, 5) is 12.2. The molecule has 1 aliphatic heterocycles. The predicted octanol–water partition coefficient (Wildman–Crippen LogP) is 0.0598. The van der Waals surface area contributed by atoms with Gasteiger partial charge in [0.05, 0.1) is 18.1 Å². The summed E-state index contributed by atoms with van der Waals surface area (Å²) >= 11 is 0. The Hall–Kier alpha value is -2.23. The van der Waals surface area contributed by atoms with E-state index < -0.39 is 10.0 Å². The largest absolute Gasteiger partial charge is 0.376 e. The fourth-order valence-electron chi connectivity index (χ4n) is 2.36. The van der Waals surface area contributed by atoms with E-state index in [1.54, 1.807) is 12.1 Å². The standard InChI is InChI=1S/C14H16N4O4S/c15-23(20,21)10-3-1-9(2-4-10)7-16-14(19)13-11-8-22-6-5-12(11)17-18-13/h1-4H,5-8H2,(H,16,19)(H,17,18)(H2,15,20,21). The topological polar surface area (TPSA) is 127 Å². The number of nitrogens with zero attached hydrogens (tertiary/aromatic N) is 1. The minimum Gasteiger partial charge on any atom is -0.376 e. The lowest BCUT2D eigenvalue weighted by atomic mass is 10.1. The number of ether oxygens (including phenoxy) is 1. The van der Waals surface area contributed by atoms with E-state index in [0.29, 0.717) is 25.3 Å². The minimum absolute atomic E-state index is 0.0334. The summed E-state index contributed by atoms with van der Waals surface area (Å²) in [5.41, 5.74) is 2.81. The number of primary sulfonamides is 1. The van der Waals surface area contributed by atoms with Crippen molar-refractivity contribution in [3.63, 3.8) is 0 Å². The van der Waals surface area contributed by atoms with Crippen LogP contribution in [0.3, 0.4) is 0 Å². The summed E-state index contributed by atoms with van der Waals surface area (Å²) in [5, 5.41) is 14.7. The molecule has 122 valence electrons. The third-order valence-corrected chi connectivity index (χ3v) is 4.54. The van der Waals surface area contributed by atoms with Gasteiger partial charge >= 0.3 is 0 Å². The van der Waals surface area contributed by atoms with Crippen LogP contribution in [0.1, 0.15) is 27.3 Å². The predicted molar refractivity (Wildman–Crippen MR) is 80.9 cm³/mol. The van der Waals surface area contributed by atoms with E-state index in [1.165, 1.54) is 12.1 Å². The second kappa shape index (κ2) is 6.11. The highest BCUT2D eigenvalue weighted by Crippen LogP contribution is 2.18. The molecule has 0 spiro atoms. The normalized spacial score (nSPS) is 14.3. The van der Waals surface area contributed by atoms with Gasteiger partial charge in [0, 0.05) is 24.2 Å². The molecular formula is C14H16N4O4S. The average Bonchev–Trinajstić information content (AvgIpc) is 2.96. The smallest absolute Gasteiger partial charge is 0.272 e. The molecule has 9 heteroatoms. The maximum absolute atomic E-state index is 12.2. The van der Waals surface area contributed by atoms with E-state index in [1.807, 2.05) is 0 Å². The number of nitrogens with one attached hydrogen (secondary N) is 2. The van der Waals surface area contributed by atoms with Crippen LogP contribution in [-0.4, -0.2) is 31.1 Å². The van der Waals surface area contributed by atoms with Gasteiger partial charge in [0.15, 0.2) is 5.69 Å². The lowest BCUT2D eigenvalue weighted by Crippen LogP contribution is -2.25. The number of carbonyl (C=O) groups is 1. The number of H-pyrrole nitrogens is 1. The maximum atomic E-state index is 12.2. The second-order valence-electron chi connectivity index (χ2n) is 5.20. The third kappa shape index (κ3) is 3.41. The molecule has 4 N–H and O–H groups in total. The maximum Gasteiger partial charge on any atom is 0.272 e. The summed E-state index contributed by atoms with van der Waals surface area (Å²) in [6, 6.07) is 6.01. The summed E-state index contributed by atoms with van der Waals surface area (Å²) in [6.07, 6.45) is 0.713. The number of fused-ring (bicyclic) bond motifs is 1. The highest BCUT2D eigenvalue weighted by atomic mass is 32.2. The number of hydrogen-bond acceptors (Lipinski definition) is 5. The van der Waals surface area contributed by atoms with E-state index >= 15 is 0 Å². The highest BCUT2D eigenvalue weighted by molar-refractivity contribution is 7.89. The Bertz CT molecular complexity index is 827. The number of benzene rings is 1. The molecule has 8 nitrogen and oxygen atoms in total. The van der Waals surface area contributed by atoms with Crippen LogP contribution in [0.25, 0.3) is 0 Å². The van der Waals surface area contributed by atoms with Gasteiger partial charge in [0.2, 0.25) is 10.0 Å². The van der Waals surface area contributed by atoms with Crippen molar-refractivity contribution in [1.82, 2.24) is 15.5 Å². The third-order valence-electron chi connectivity index (χ3n) is 3.62. The Kier molecular flexibility index (Phi) is 4.16. The molecule has 0 saturated heterocycles. The average molecular weight is 336 g/mol. The molecule has 0 fully saturated rings. The number of sulfonamides is 1. The molecule has 0 unspecified atom stereocenters. The molecule has 1 aromatic carbocycles. The fraction of sp³-hybridized carbons (Fsp3) is 0.286. The summed E-state index contributed by atoms with van der Waals surface area (Å²) in [5.74, 6) is -0.302. The zero-order valence-corrected chi connectivity index (χ0v) is 13.0. The highest BCUT2D eigenvalue weighted by Gasteiger charge is 2.21. The number of nitrogens with two attached hydrogens (primary N) is 1. The van der Waals surface area contributed by atoms with Gasteiger partial charge in [0.1, 0.15) is 0 Å². The van der Waals surface area contributed by atoms with Crippen LogP contribution in [0.4, 0.5) is 0 Å². The van der Waals surface area contributed by atoms with E-state index in [0.717, 1.165) is 16.8 Å². The first kappa shape index (κ1) is 15.7. The van der Waals surface area contributed by atoms with Gasteiger partial charge in [-0.15, -0.1) is 0 Å². The number of hydrogen-bond donors (Lipinski definition) is 3. The van der Waals surface area contributed by atoms with Gasteiger partial charge < -0.3 is 10.1 Å². The number of carbonyl (C=O) groups excluding carboxylic acids is 1. The van der Waals surface area contributed by atoms with Crippen LogP contribution in [0, 0.1) is 0 Å². The van der Waals surface area contributed by atoms with Gasteiger partial charge in [-0.1, -0.05) is 12.1 Å². The SMILES string of the molecule is NS(=O)(=O)c1ccc(CNC(=O)c2n[nH]c3c2COCC3)cc1. The van der Waals surface area contributed by atoms with E-state index in [-0.39, 0.29) is 17.3 Å². The Morgan fingerprint density at radius 3 is 2.78 bits per heavy atom. The van der Waals surface area contributed by atoms with Gasteiger partial charge in [-0.25, -0.2) is 13.6 Å². The van der Waals surface area contributed by atoms with Crippen LogP contribution >= 0.6 is 0 Å². The molecule has 0 aliphatic carbocycles. The van der Waals surface area contributed by atoms with Gasteiger partial charge in [0.25, 0.3) is 5.91 Å². The van der Waals surface area contributed by atoms with Crippen LogP contribution in [0.2, 0.25) is 0 Å². The Labute approximate surface area is 133 Å². The summed E-state index contributed by atoms with van der Waals surface area (Å²) in [6.45, 7) is 1.25. The molecule has 3 rings (SSSR count). The Morgan fingerprint density at radius 1 is 1.35 bits per heavy atom.